The summed E-state index contributed by atoms with van der Waals surface area (Å²) in [7, 11) is 0. The van der Waals surface area contributed by atoms with E-state index in [1.807, 2.05) is 23.6 Å². The zero-order valence-electron chi connectivity index (χ0n) is 14.2. The van der Waals surface area contributed by atoms with Crippen molar-refractivity contribution in [1.29, 1.82) is 0 Å². The smallest absolute Gasteiger partial charge is 0.306 e. The van der Waals surface area contributed by atoms with Crippen molar-refractivity contribution in [3.8, 4) is 10.8 Å². The van der Waals surface area contributed by atoms with Crippen molar-refractivity contribution in [2.24, 2.45) is 0 Å². The summed E-state index contributed by atoms with van der Waals surface area (Å²) in [6, 6.07) is 10.9. The van der Waals surface area contributed by atoms with Gasteiger partial charge in [0.2, 0.25) is 5.89 Å². The number of thiophene rings is 1. The molecular weight excluding hydrogens is 366 g/mol. The second kappa shape index (κ2) is 7.55. The van der Waals surface area contributed by atoms with Crippen LogP contribution in [0.2, 0.25) is 0 Å². The number of fused-ring (bicyclic) bond motifs is 1. The Morgan fingerprint density at radius 3 is 2.93 bits per heavy atom. The highest BCUT2D eigenvalue weighted by atomic mass is 32.1. The molecule has 0 spiro atoms. The van der Waals surface area contributed by atoms with Gasteiger partial charge in [-0.2, -0.15) is 0 Å². The number of ether oxygens (including phenoxy) is 1. The maximum absolute atomic E-state index is 12.0. The van der Waals surface area contributed by atoms with Gasteiger partial charge in [0, 0.05) is 6.42 Å². The van der Waals surface area contributed by atoms with Crippen molar-refractivity contribution in [2.75, 3.05) is 0 Å². The number of nitrogens with zero attached hydrogens (tertiary/aromatic N) is 2. The molecule has 0 fully saturated rings. The van der Waals surface area contributed by atoms with Gasteiger partial charge in [-0.3, -0.25) is 9.59 Å². The van der Waals surface area contributed by atoms with Crippen molar-refractivity contribution in [2.45, 2.75) is 19.4 Å². The van der Waals surface area contributed by atoms with E-state index in [-0.39, 0.29) is 25.0 Å². The molecule has 1 N–H and O–H groups in total. The molecule has 4 aromatic rings. The van der Waals surface area contributed by atoms with Gasteiger partial charge in [0.05, 0.1) is 22.2 Å². The molecule has 4 rings (SSSR count). The topological polar surface area (TPSA) is 98.1 Å². The molecule has 0 saturated carbocycles. The number of rotatable bonds is 6. The summed E-state index contributed by atoms with van der Waals surface area (Å²) in [5.41, 5.74) is 0.935. The Labute approximate surface area is 157 Å². The number of nitrogens with one attached hydrogen (secondary N) is 1. The third-order valence-electron chi connectivity index (χ3n) is 3.89. The molecule has 7 nitrogen and oxygen atoms in total. The predicted octanol–water partition coefficient (Wildman–Crippen LogP) is 3.32. The number of aromatic amines is 1. The molecule has 3 aromatic heterocycles. The first-order valence-electron chi connectivity index (χ1n) is 8.31. The van der Waals surface area contributed by atoms with Gasteiger partial charge < -0.3 is 14.1 Å². The second-order valence-electron chi connectivity index (χ2n) is 5.81. The van der Waals surface area contributed by atoms with E-state index in [1.54, 1.807) is 18.2 Å². The number of para-hydroxylation sites is 1. The van der Waals surface area contributed by atoms with E-state index in [0.717, 1.165) is 4.88 Å². The van der Waals surface area contributed by atoms with Crippen LogP contribution in [0.3, 0.4) is 0 Å². The van der Waals surface area contributed by atoms with Crippen molar-refractivity contribution in [3.05, 3.63) is 69.9 Å². The Morgan fingerprint density at radius 1 is 1.19 bits per heavy atom. The molecule has 8 heteroatoms. The number of carbonyl (C=O) groups excluding carboxylic acids is 1. The molecule has 0 bridgehead atoms. The molecular formula is C19H15N3O4S. The van der Waals surface area contributed by atoms with E-state index in [4.69, 9.17) is 9.15 Å². The monoisotopic (exact) mass is 381 g/mol. The van der Waals surface area contributed by atoms with Gasteiger partial charge in [0.25, 0.3) is 5.56 Å². The molecule has 0 aliphatic rings. The summed E-state index contributed by atoms with van der Waals surface area (Å²) in [5, 5.41) is 2.46. The zero-order chi connectivity index (χ0) is 18.6. The van der Waals surface area contributed by atoms with E-state index in [0.29, 0.717) is 28.3 Å². The number of aryl methyl sites for hydroxylation is 1. The lowest BCUT2D eigenvalue weighted by Gasteiger charge is -2.04. The van der Waals surface area contributed by atoms with Crippen molar-refractivity contribution in [1.82, 2.24) is 15.0 Å². The molecule has 0 radical (unpaired) electrons. The number of H-pyrrole nitrogens is 1. The third-order valence-corrected chi connectivity index (χ3v) is 4.75. The maximum Gasteiger partial charge on any atom is 0.306 e. The Balaban J connectivity index is 1.33. The van der Waals surface area contributed by atoms with Crippen LogP contribution in [-0.2, 0) is 22.6 Å². The molecule has 0 aliphatic carbocycles. The number of hydrogen-bond donors (Lipinski definition) is 1. The van der Waals surface area contributed by atoms with E-state index < -0.39 is 5.97 Å². The zero-order valence-corrected chi connectivity index (χ0v) is 15.0. The summed E-state index contributed by atoms with van der Waals surface area (Å²) in [6.45, 7) is 0.0371. The van der Waals surface area contributed by atoms with Gasteiger partial charge in [-0.1, -0.05) is 18.2 Å². The number of hydrogen-bond acceptors (Lipinski definition) is 7. The summed E-state index contributed by atoms with van der Waals surface area (Å²) in [4.78, 5) is 36.3. The van der Waals surface area contributed by atoms with Crippen LogP contribution in [0.25, 0.3) is 21.7 Å². The van der Waals surface area contributed by atoms with Crippen LogP contribution < -0.4 is 5.56 Å². The first-order chi connectivity index (χ1) is 13.2. The fraction of sp³-hybridized carbons (Fsp3) is 0.158. The Kier molecular flexibility index (Phi) is 4.80. The first-order valence-corrected chi connectivity index (χ1v) is 9.19. The van der Waals surface area contributed by atoms with E-state index >= 15 is 0 Å². The van der Waals surface area contributed by atoms with Crippen molar-refractivity contribution >= 4 is 28.2 Å². The highest BCUT2D eigenvalue weighted by Crippen LogP contribution is 2.23. The quantitative estimate of drug-likeness (QED) is 0.515. The first kappa shape index (κ1) is 17.2. The van der Waals surface area contributed by atoms with Crippen molar-refractivity contribution < 1.29 is 13.9 Å². The van der Waals surface area contributed by atoms with Crippen LogP contribution in [0.5, 0.6) is 0 Å². The minimum atomic E-state index is -0.397. The number of aromatic nitrogens is 3. The third kappa shape index (κ3) is 3.95. The van der Waals surface area contributed by atoms with Gasteiger partial charge in [0.15, 0.2) is 0 Å². The van der Waals surface area contributed by atoms with Crippen LogP contribution in [0.1, 0.15) is 17.9 Å². The SMILES string of the molecule is O=C(CCc1nc2ccccc2c(=O)[nH]1)OCc1coc(-c2cccs2)n1. The Hall–Kier alpha value is -3.26. The summed E-state index contributed by atoms with van der Waals surface area (Å²) in [5.74, 6) is 0.567. The lowest BCUT2D eigenvalue weighted by molar-refractivity contribution is -0.145. The summed E-state index contributed by atoms with van der Waals surface area (Å²) < 4.78 is 10.6. The molecule has 136 valence electrons. The minimum absolute atomic E-state index is 0.0371. The second-order valence-corrected chi connectivity index (χ2v) is 6.76. The average Bonchev–Trinajstić information content (AvgIpc) is 3.36. The van der Waals surface area contributed by atoms with Gasteiger partial charge >= 0.3 is 5.97 Å². The largest absolute Gasteiger partial charge is 0.459 e. The lowest BCUT2D eigenvalue weighted by atomic mass is 10.2. The minimum Gasteiger partial charge on any atom is -0.459 e. The van der Waals surface area contributed by atoms with Gasteiger partial charge in [-0.25, -0.2) is 9.97 Å². The molecule has 0 aliphatic heterocycles. The average molecular weight is 381 g/mol. The summed E-state index contributed by atoms with van der Waals surface area (Å²) in [6.07, 6.45) is 1.87. The van der Waals surface area contributed by atoms with Crippen LogP contribution in [0.15, 0.2) is 57.3 Å². The molecule has 0 atom stereocenters. The highest BCUT2D eigenvalue weighted by Gasteiger charge is 2.11. The standard InChI is InChI=1S/C19H15N3O4S/c23-17(25-10-12-11-26-19(20-12)15-6-3-9-27-15)8-7-16-21-14-5-2-1-4-13(14)18(24)22-16/h1-6,9,11H,7-8,10H2,(H,21,22,24). The van der Waals surface area contributed by atoms with Gasteiger partial charge in [-0.05, 0) is 23.6 Å². The Bertz CT molecular complexity index is 1130. The van der Waals surface area contributed by atoms with Crippen LogP contribution >= 0.6 is 11.3 Å². The van der Waals surface area contributed by atoms with E-state index in [1.165, 1.54) is 17.6 Å². The Morgan fingerprint density at radius 2 is 2.07 bits per heavy atom. The van der Waals surface area contributed by atoms with Gasteiger partial charge in [0.1, 0.15) is 24.4 Å². The normalized spacial score (nSPS) is 11.0. The molecule has 0 amide bonds. The predicted molar refractivity (Wildman–Crippen MR) is 100 cm³/mol. The van der Waals surface area contributed by atoms with Crippen LogP contribution in [-0.4, -0.2) is 20.9 Å². The molecule has 0 unspecified atom stereocenters. The number of benzene rings is 1. The van der Waals surface area contributed by atoms with E-state index in [9.17, 15) is 9.59 Å². The van der Waals surface area contributed by atoms with Gasteiger partial charge in [-0.15, -0.1) is 11.3 Å². The maximum atomic E-state index is 12.0. The molecule has 3 heterocycles. The highest BCUT2D eigenvalue weighted by molar-refractivity contribution is 7.13. The number of oxazole rings is 1. The lowest BCUT2D eigenvalue weighted by Crippen LogP contribution is -2.14. The van der Waals surface area contributed by atoms with E-state index in [2.05, 4.69) is 15.0 Å². The molecule has 1 aromatic carbocycles. The number of esters is 1. The molecule has 27 heavy (non-hydrogen) atoms. The number of carbonyl (C=O) groups is 1. The summed E-state index contributed by atoms with van der Waals surface area (Å²) >= 11 is 1.52. The molecule has 0 saturated heterocycles. The van der Waals surface area contributed by atoms with Crippen molar-refractivity contribution in [3.63, 3.8) is 0 Å². The fourth-order valence-electron chi connectivity index (χ4n) is 2.59. The fourth-order valence-corrected chi connectivity index (χ4v) is 3.24. The van der Waals surface area contributed by atoms with Crippen LogP contribution in [0, 0.1) is 0 Å². The van der Waals surface area contributed by atoms with Crippen LogP contribution in [0.4, 0.5) is 0 Å².